The van der Waals surface area contributed by atoms with E-state index in [9.17, 15) is 0 Å². The molecule has 16 heavy (non-hydrogen) atoms. The highest BCUT2D eigenvalue weighted by atomic mass is 16.5. The molecule has 0 saturated heterocycles. The number of hydrogen-bond acceptors (Lipinski definition) is 3. The van der Waals surface area contributed by atoms with Crippen molar-refractivity contribution in [2.75, 3.05) is 13.1 Å². The number of aromatic nitrogens is 1. The molecule has 0 aliphatic rings. The Balaban J connectivity index is 2.55. The van der Waals surface area contributed by atoms with Crippen molar-refractivity contribution in [1.29, 1.82) is 0 Å². The topological polar surface area (TPSA) is 29.3 Å². The molecule has 1 heterocycles. The summed E-state index contributed by atoms with van der Waals surface area (Å²) in [5.41, 5.74) is 1.06. The van der Waals surface area contributed by atoms with E-state index in [0.29, 0.717) is 5.92 Å². The van der Waals surface area contributed by atoms with Gasteiger partial charge in [-0.25, -0.2) is 0 Å². The average Bonchev–Trinajstić information content (AvgIpc) is 2.67. The summed E-state index contributed by atoms with van der Waals surface area (Å²) in [7, 11) is 0. The van der Waals surface area contributed by atoms with Crippen LogP contribution in [0.15, 0.2) is 10.6 Å². The lowest BCUT2D eigenvalue weighted by atomic mass is 10.1. The molecule has 0 saturated carbocycles. The van der Waals surface area contributed by atoms with E-state index in [1.165, 1.54) is 12.8 Å². The van der Waals surface area contributed by atoms with E-state index < -0.39 is 0 Å². The van der Waals surface area contributed by atoms with Gasteiger partial charge in [-0.3, -0.25) is 4.90 Å². The second-order valence-electron chi connectivity index (χ2n) is 4.65. The number of nitrogens with zero attached hydrogens (tertiary/aromatic N) is 2. The molecule has 0 spiro atoms. The molecule has 0 fully saturated rings. The maximum absolute atomic E-state index is 5.36. The van der Waals surface area contributed by atoms with Crippen molar-refractivity contribution in [2.24, 2.45) is 0 Å². The molecule has 1 aromatic heterocycles. The second kappa shape index (κ2) is 6.69. The zero-order chi connectivity index (χ0) is 12.0. The Morgan fingerprint density at radius 1 is 1.25 bits per heavy atom. The van der Waals surface area contributed by atoms with Crippen LogP contribution in [0.3, 0.4) is 0 Å². The Bertz CT molecular complexity index is 288. The normalized spacial score (nSPS) is 11.6. The summed E-state index contributed by atoms with van der Waals surface area (Å²) in [4.78, 5) is 2.42. The Labute approximate surface area is 98.8 Å². The van der Waals surface area contributed by atoms with Crippen molar-refractivity contribution >= 4 is 0 Å². The highest BCUT2D eigenvalue weighted by Crippen LogP contribution is 2.15. The quantitative estimate of drug-likeness (QED) is 0.710. The van der Waals surface area contributed by atoms with Crippen molar-refractivity contribution in [3.8, 4) is 0 Å². The van der Waals surface area contributed by atoms with Crippen LogP contribution in [0.5, 0.6) is 0 Å². The van der Waals surface area contributed by atoms with Crippen LogP contribution in [0, 0.1) is 0 Å². The van der Waals surface area contributed by atoms with Crippen molar-refractivity contribution in [3.63, 3.8) is 0 Å². The zero-order valence-corrected chi connectivity index (χ0v) is 11.0. The molecule has 0 N–H and O–H groups in total. The first-order valence-corrected chi connectivity index (χ1v) is 6.35. The molecule has 0 radical (unpaired) electrons. The summed E-state index contributed by atoms with van der Waals surface area (Å²) < 4.78 is 5.36. The van der Waals surface area contributed by atoms with Crippen LogP contribution in [-0.4, -0.2) is 23.1 Å². The minimum absolute atomic E-state index is 0.448. The molecule has 0 unspecified atom stereocenters. The van der Waals surface area contributed by atoms with Gasteiger partial charge in [-0.1, -0.05) is 32.9 Å². The summed E-state index contributed by atoms with van der Waals surface area (Å²) in [6.07, 6.45) is 2.37. The monoisotopic (exact) mass is 224 g/mol. The van der Waals surface area contributed by atoms with Crippen LogP contribution in [-0.2, 0) is 6.54 Å². The molecule has 92 valence electrons. The third kappa shape index (κ3) is 3.97. The van der Waals surface area contributed by atoms with Crippen LogP contribution in [0.25, 0.3) is 0 Å². The van der Waals surface area contributed by atoms with Gasteiger partial charge in [-0.05, 0) is 31.8 Å². The molecule has 3 heteroatoms. The van der Waals surface area contributed by atoms with Gasteiger partial charge in [0.1, 0.15) is 0 Å². The van der Waals surface area contributed by atoms with Gasteiger partial charge in [-0.2, -0.15) is 0 Å². The first-order valence-electron chi connectivity index (χ1n) is 6.35. The Kier molecular flexibility index (Phi) is 5.53. The van der Waals surface area contributed by atoms with Gasteiger partial charge < -0.3 is 4.52 Å². The molecular formula is C13H24N2O. The van der Waals surface area contributed by atoms with Crippen LogP contribution >= 0.6 is 0 Å². The predicted octanol–water partition coefficient (Wildman–Crippen LogP) is 3.42. The van der Waals surface area contributed by atoms with Gasteiger partial charge in [0.2, 0.25) is 0 Å². The molecule has 0 atom stereocenters. The summed E-state index contributed by atoms with van der Waals surface area (Å²) in [5, 5.41) is 4.09. The lowest BCUT2D eigenvalue weighted by molar-refractivity contribution is 0.231. The third-order valence-corrected chi connectivity index (χ3v) is 2.63. The first-order chi connectivity index (χ1) is 7.67. The number of rotatable bonds is 7. The lowest BCUT2D eigenvalue weighted by Gasteiger charge is -2.18. The molecule has 0 bridgehead atoms. The summed E-state index contributed by atoms with van der Waals surface area (Å²) >= 11 is 0. The maximum Gasteiger partial charge on any atom is 0.150 e. The molecule has 1 rings (SSSR count). The molecule has 0 amide bonds. The SMILES string of the molecule is CCCN(CCC)Cc1cc(C(C)C)no1. The van der Waals surface area contributed by atoms with Crippen LogP contribution in [0.1, 0.15) is 57.9 Å². The molecule has 1 aromatic rings. The standard InChI is InChI=1S/C13H24N2O/c1-5-7-15(8-6-2)10-12-9-13(11(3)4)14-16-12/h9,11H,5-8,10H2,1-4H3. The highest BCUT2D eigenvalue weighted by Gasteiger charge is 2.10. The van der Waals surface area contributed by atoms with Crippen molar-refractivity contribution in [1.82, 2.24) is 10.1 Å². The predicted molar refractivity (Wildman–Crippen MR) is 66.5 cm³/mol. The van der Waals surface area contributed by atoms with E-state index in [-0.39, 0.29) is 0 Å². The van der Waals surface area contributed by atoms with E-state index in [0.717, 1.165) is 31.1 Å². The van der Waals surface area contributed by atoms with Gasteiger partial charge >= 0.3 is 0 Å². The fourth-order valence-corrected chi connectivity index (χ4v) is 1.80. The highest BCUT2D eigenvalue weighted by molar-refractivity contribution is 5.08. The molecule has 0 aliphatic carbocycles. The third-order valence-electron chi connectivity index (χ3n) is 2.63. The molecule has 0 aromatic carbocycles. The fraction of sp³-hybridized carbons (Fsp3) is 0.769. The maximum atomic E-state index is 5.36. The van der Waals surface area contributed by atoms with Gasteiger partial charge in [0, 0.05) is 6.07 Å². The lowest BCUT2D eigenvalue weighted by Crippen LogP contribution is -2.24. The summed E-state index contributed by atoms with van der Waals surface area (Å²) in [6.45, 7) is 11.8. The van der Waals surface area contributed by atoms with Gasteiger partial charge in [0.05, 0.1) is 12.2 Å². The van der Waals surface area contributed by atoms with Crippen molar-refractivity contribution in [2.45, 2.75) is 53.0 Å². The van der Waals surface area contributed by atoms with Crippen molar-refractivity contribution in [3.05, 3.63) is 17.5 Å². The fourth-order valence-electron chi connectivity index (χ4n) is 1.80. The molecule has 3 nitrogen and oxygen atoms in total. The van der Waals surface area contributed by atoms with E-state index in [4.69, 9.17) is 4.52 Å². The van der Waals surface area contributed by atoms with Crippen LogP contribution in [0.4, 0.5) is 0 Å². The van der Waals surface area contributed by atoms with Gasteiger partial charge in [0.25, 0.3) is 0 Å². The number of hydrogen-bond donors (Lipinski definition) is 0. The minimum Gasteiger partial charge on any atom is -0.360 e. The Morgan fingerprint density at radius 2 is 1.88 bits per heavy atom. The van der Waals surface area contributed by atoms with E-state index in [1.807, 2.05) is 0 Å². The molecule has 0 aliphatic heterocycles. The average molecular weight is 224 g/mol. The van der Waals surface area contributed by atoms with E-state index in [1.54, 1.807) is 0 Å². The summed E-state index contributed by atoms with van der Waals surface area (Å²) in [6, 6.07) is 2.09. The Hall–Kier alpha value is -0.830. The summed E-state index contributed by atoms with van der Waals surface area (Å²) in [5.74, 6) is 1.44. The van der Waals surface area contributed by atoms with Crippen LogP contribution < -0.4 is 0 Å². The minimum atomic E-state index is 0.448. The smallest absolute Gasteiger partial charge is 0.150 e. The van der Waals surface area contributed by atoms with E-state index in [2.05, 4.69) is 43.8 Å². The zero-order valence-electron chi connectivity index (χ0n) is 11.0. The van der Waals surface area contributed by atoms with E-state index >= 15 is 0 Å². The largest absolute Gasteiger partial charge is 0.360 e. The Morgan fingerprint density at radius 3 is 2.31 bits per heavy atom. The van der Waals surface area contributed by atoms with Crippen molar-refractivity contribution < 1.29 is 4.52 Å². The van der Waals surface area contributed by atoms with Gasteiger partial charge in [-0.15, -0.1) is 0 Å². The second-order valence-corrected chi connectivity index (χ2v) is 4.65. The first kappa shape index (κ1) is 13.2. The molecular weight excluding hydrogens is 200 g/mol. The van der Waals surface area contributed by atoms with Gasteiger partial charge in [0.15, 0.2) is 5.76 Å². The van der Waals surface area contributed by atoms with Crippen LogP contribution in [0.2, 0.25) is 0 Å².